The maximum absolute atomic E-state index is 11.9. The predicted molar refractivity (Wildman–Crippen MR) is 95.4 cm³/mol. The maximum Gasteiger partial charge on any atom is 0.310 e. The highest BCUT2D eigenvalue weighted by molar-refractivity contribution is 6.37. The first-order chi connectivity index (χ1) is 12.5. The van der Waals surface area contributed by atoms with Crippen LogP contribution in [0.2, 0.25) is 10.0 Å². The highest BCUT2D eigenvalue weighted by atomic mass is 35.5. The summed E-state index contributed by atoms with van der Waals surface area (Å²) in [5.74, 6) is 0.939. The molecule has 0 unspecified atom stereocenters. The van der Waals surface area contributed by atoms with E-state index in [9.17, 15) is 9.90 Å². The van der Waals surface area contributed by atoms with Crippen molar-refractivity contribution in [3.63, 3.8) is 0 Å². The molecular weight excluding hydrogens is 383 g/mol. The van der Waals surface area contributed by atoms with Gasteiger partial charge in [-0.25, -0.2) is 0 Å². The van der Waals surface area contributed by atoms with Crippen molar-refractivity contribution in [2.24, 2.45) is 0 Å². The van der Waals surface area contributed by atoms with Gasteiger partial charge in [-0.15, -0.1) is 0 Å². The second-order valence-electron chi connectivity index (χ2n) is 5.42. The molecule has 3 rings (SSSR count). The van der Waals surface area contributed by atoms with Crippen molar-refractivity contribution in [1.82, 2.24) is 0 Å². The molecule has 0 amide bonds. The largest absolute Gasteiger partial charge is 0.466 e. The lowest BCUT2D eigenvalue weighted by molar-refractivity contribution is -0.142. The minimum absolute atomic E-state index is 0.0101. The molecule has 1 aliphatic heterocycles. The third-order valence-corrected chi connectivity index (χ3v) is 4.22. The molecule has 26 heavy (non-hydrogen) atoms. The summed E-state index contributed by atoms with van der Waals surface area (Å²) in [5.41, 5.74) is 1.10. The smallest absolute Gasteiger partial charge is 0.310 e. The Labute approximate surface area is 160 Å². The average Bonchev–Trinajstić information content (AvgIpc) is 3.08. The molecule has 2 aromatic carbocycles. The van der Waals surface area contributed by atoms with E-state index in [0.717, 1.165) is 0 Å². The van der Waals surface area contributed by atoms with Gasteiger partial charge in [-0.3, -0.25) is 4.79 Å². The lowest BCUT2D eigenvalue weighted by atomic mass is 10.1. The highest BCUT2D eigenvalue weighted by Crippen LogP contribution is 2.48. The molecule has 6 nitrogen and oxygen atoms in total. The molecule has 0 aromatic heterocycles. The van der Waals surface area contributed by atoms with Crippen LogP contribution >= 0.6 is 23.2 Å². The summed E-state index contributed by atoms with van der Waals surface area (Å²) in [6, 6.07) is 6.49. The molecule has 1 N–H and O–H groups in total. The number of carbonyl (C=O) groups is 1. The minimum Gasteiger partial charge on any atom is -0.466 e. The SMILES string of the molecule is CCOC(=O)Cc1ccc2c(c1Oc1c(Cl)cc(CO)cc1Cl)OCO2. The van der Waals surface area contributed by atoms with Crippen LogP contribution in [0.5, 0.6) is 23.0 Å². The normalized spacial score (nSPS) is 12.2. The molecule has 0 spiro atoms. The third kappa shape index (κ3) is 3.82. The summed E-state index contributed by atoms with van der Waals surface area (Å²) >= 11 is 12.5. The quantitative estimate of drug-likeness (QED) is 0.737. The summed E-state index contributed by atoms with van der Waals surface area (Å²) in [6.45, 7) is 1.85. The topological polar surface area (TPSA) is 74.2 Å². The van der Waals surface area contributed by atoms with Gasteiger partial charge in [-0.2, -0.15) is 0 Å². The summed E-state index contributed by atoms with van der Waals surface area (Å²) in [5, 5.41) is 9.69. The van der Waals surface area contributed by atoms with Crippen molar-refractivity contribution >= 4 is 29.2 Å². The number of rotatable bonds is 6. The van der Waals surface area contributed by atoms with Crippen molar-refractivity contribution in [1.29, 1.82) is 0 Å². The summed E-state index contributed by atoms with van der Waals surface area (Å²) in [6.07, 6.45) is -0.0101. The Morgan fingerprint density at radius 2 is 1.92 bits per heavy atom. The Kier molecular flexibility index (Phi) is 5.76. The van der Waals surface area contributed by atoms with Gasteiger partial charge in [0.25, 0.3) is 0 Å². The lowest BCUT2D eigenvalue weighted by Gasteiger charge is -2.16. The Morgan fingerprint density at radius 1 is 1.19 bits per heavy atom. The zero-order chi connectivity index (χ0) is 18.7. The van der Waals surface area contributed by atoms with Gasteiger partial charge in [-0.1, -0.05) is 29.3 Å². The van der Waals surface area contributed by atoms with Gasteiger partial charge in [0, 0.05) is 5.56 Å². The number of benzene rings is 2. The number of esters is 1. The first kappa shape index (κ1) is 18.6. The van der Waals surface area contributed by atoms with Crippen LogP contribution in [0.1, 0.15) is 18.1 Å². The van der Waals surface area contributed by atoms with Gasteiger partial charge in [0.2, 0.25) is 12.5 Å². The van der Waals surface area contributed by atoms with E-state index in [1.807, 2.05) is 0 Å². The number of aliphatic hydroxyl groups is 1. The van der Waals surface area contributed by atoms with Crippen LogP contribution in [0.3, 0.4) is 0 Å². The van der Waals surface area contributed by atoms with Gasteiger partial charge in [0.05, 0.1) is 29.7 Å². The molecule has 0 radical (unpaired) electrons. The van der Waals surface area contributed by atoms with Gasteiger partial charge in [0.1, 0.15) is 0 Å². The van der Waals surface area contributed by atoms with Crippen LogP contribution in [-0.4, -0.2) is 24.5 Å². The van der Waals surface area contributed by atoms with Gasteiger partial charge in [0.15, 0.2) is 17.2 Å². The fourth-order valence-corrected chi connectivity index (χ4v) is 3.12. The fourth-order valence-electron chi connectivity index (χ4n) is 2.51. The summed E-state index contributed by atoms with van der Waals surface area (Å²) < 4.78 is 21.8. The van der Waals surface area contributed by atoms with Gasteiger partial charge >= 0.3 is 5.97 Å². The monoisotopic (exact) mass is 398 g/mol. The number of aliphatic hydroxyl groups excluding tert-OH is 1. The molecule has 0 saturated heterocycles. The van der Waals surface area contributed by atoms with E-state index in [4.69, 9.17) is 42.1 Å². The van der Waals surface area contributed by atoms with Crippen LogP contribution < -0.4 is 14.2 Å². The number of ether oxygens (including phenoxy) is 4. The zero-order valence-electron chi connectivity index (χ0n) is 13.9. The molecule has 0 saturated carbocycles. The van der Waals surface area contributed by atoms with Crippen molar-refractivity contribution < 1.29 is 28.8 Å². The molecule has 2 aromatic rings. The van der Waals surface area contributed by atoms with Crippen LogP contribution in [0.25, 0.3) is 0 Å². The minimum atomic E-state index is -0.399. The summed E-state index contributed by atoms with van der Waals surface area (Å²) in [7, 11) is 0. The number of hydrogen-bond acceptors (Lipinski definition) is 6. The Balaban J connectivity index is 2.01. The standard InChI is InChI=1S/C18H16Cl2O6/c1-2-23-15(22)7-11-3-4-14-18(25-9-24-14)16(11)26-17-12(19)5-10(8-21)6-13(17)20/h3-6,21H,2,7-9H2,1H3. The van der Waals surface area contributed by atoms with Crippen molar-refractivity contribution in [3.8, 4) is 23.0 Å². The maximum atomic E-state index is 11.9. The van der Waals surface area contributed by atoms with Crippen molar-refractivity contribution in [2.75, 3.05) is 13.4 Å². The molecule has 1 heterocycles. The number of halogens is 2. The zero-order valence-corrected chi connectivity index (χ0v) is 15.4. The van der Waals surface area contributed by atoms with Crippen LogP contribution in [0.15, 0.2) is 24.3 Å². The number of fused-ring (bicyclic) bond motifs is 1. The average molecular weight is 399 g/mol. The molecule has 0 bridgehead atoms. The van der Waals surface area contributed by atoms with E-state index in [1.165, 1.54) is 0 Å². The number of hydrogen-bond donors (Lipinski definition) is 1. The third-order valence-electron chi connectivity index (χ3n) is 3.66. The van der Waals surface area contributed by atoms with E-state index in [2.05, 4.69) is 0 Å². The molecule has 0 atom stereocenters. The van der Waals surface area contributed by atoms with Crippen LogP contribution in [0.4, 0.5) is 0 Å². The summed E-state index contributed by atoms with van der Waals surface area (Å²) in [4.78, 5) is 11.9. The van der Waals surface area contributed by atoms with Crippen molar-refractivity contribution in [2.45, 2.75) is 20.0 Å². The molecule has 0 aliphatic carbocycles. The van der Waals surface area contributed by atoms with Gasteiger partial charge in [-0.05, 0) is 30.7 Å². The second-order valence-corrected chi connectivity index (χ2v) is 6.23. The lowest BCUT2D eigenvalue weighted by Crippen LogP contribution is -2.08. The van der Waals surface area contributed by atoms with E-state index >= 15 is 0 Å². The van der Waals surface area contributed by atoms with E-state index in [-0.39, 0.29) is 48.0 Å². The van der Waals surface area contributed by atoms with E-state index in [0.29, 0.717) is 22.6 Å². The first-order valence-corrected chi connectivity index (χ1v) is 8.62. The fraction of sp³-hybridized carbons (Fsp3) is 0.278. The molecular formula is C18H16Cl2O6. The van der Waals surface area contributed by atoms with Crippen molar-refractivity contribution in [3.05, 3.63) is 45.4 Å². The molecule has 8 heteroatoms. The van der Waals surface area contributed by atoms with E-state index < -0.39 is 5.97 Å². The Hall–Kier alpha value is -2.15. The molecule has 1 aliphatic rings. The predicted octanol–water partition coefficient (Wildman–Crippen LogP) is 4.11. The Morgan fingerprint density at radius 3 is 2.58 bits per heavy atom. The van der Waals surface area contributed by atoms with Crippen LogP contribution in [-0.2, 0) is 22.6 Å². The van der Waals surface area contributed by atoms with Gasteiger partial charge < -0.3 is 24.1 Å². The van der Waals surface area contributed by atoms with E-state index in [1.54, 1.807) is 31.2 Å². The molecule has 0 fully saturated rings. The Bertz CT molecular complexity index is 814. The number of carbonyl (C=O) groups excluding carboxylic acids is 1. The first-order valence-electron chi connectivity index (χ1n) is 7.87. The second kappa shape index (κ2) is 8.03. The highest BCUT2D eigenvalue weighted by Gasteiger charge is 2.25. The molecule has 138 valence electrons. The van der Waals surface area contributed by atoms with Crippen LogP contribution in [0, 0.1) is 0 Å².